The van der Waals surface area contributed by atoms with E-state index in [4.69, 9.17) is 4.74 Å². The van der Waals surface area contributed by atoms with Crippen molar-refractivity contribution in [3.8, 4) is 0 Å². The first kappa shape index (κ1) is 20.8. The fourth-order valence-corrected chi connectivity index (χ4v) is 2.44. The third-order valence-corrected chi connectivity index (χ3v) is 3.74. The molecule has 1 fully saturated rings. The van der Waals surface area contributed by atoms with Crippen molar-refractivity contribution in [2.45, 2.75) is 32.5 Å². The average molecular weight is 391 g/mol. The van der Waals surface area contributed by atoms with Crippen molar-refractivity contribution in [1.82, 2.24) is 9.80 Å². The molecular formula is C17H21F4N3O3. The van der Waals surface area contributed by atoms with E-state index in [0.29, 0.717) is 12.1 Å². The first-order chi connectivity index (χ1) is 12.4. The Hall–Kier alpha value is -2.52. The molecule has 1 N–H and O–H groups in total. The van der Waals surface area contributed by atoms with Crippen LogP contribution in [-0.2, 0) is 10.9 Å². The molecule has 2 rings (SSSR count). The normalized spacial score (nSPS) is 15.5. The summed E-state index contributed by atoms with van der Waals surface area (Å²) >= 11 is 0. The Balaban J connectivity index is 1.94. The lowest BCUT2D eigenvalue weighted by Crippen LogP contribution is -2.52. The minimum absolute atomic E-state index is 0.164. The highest BCUT2D eigenvalue weighted by Gasteiger charge is 2.34. The van der Waals surface area contributed by atoms with E-state index in [0.717, 1.165) is 6.07 Å². The summed E-state index contributed by atoms with van der Waals surface area (Å²) in [6.45, 7) is 6.08. The van der Waals surface area contributed by atoms with Crippen LogP contribution in [-0.4, -0.2) is 53.7 Å². The molecule has 0 aromatic heterocycles. The maximum absolute atomic E-state index is 13.3. The smallest absolute Gasteiger partial charge is 0.419 e. The van der Waals surface area contributed by atoms with Gasteiger partial charge in [-0.25, -0.2) is 14.0 Å². The van der Waals surface area contributed by atoms with Crippen LogP contribution in [0.2, 0.25) is 0 Å². The molecule has 0 bridgehead atoms. The predicted molar refractivity (Wildman–Crippen MR) is 89.8 cm³/mol. The number of hydrogen-bond donors (Lipinski definition) is 1. The molecular weight excluding hydrogens is 370 g/mol. The number of halogens is 4. The average Bonchev–Trinajstić information content (AvgIpc) is 2.54. The van der Waals surface area contributed by atoms with Crippen LogP contribution in [0.3, 0.4) is 0 Å². The van der Waals surface area contributed by atoms with Crippen molar-refractivity contribution < 1.29 is 31.9 Å². The molecule has 27 heavy (non-hydrogen) atoms. The van der Waals surface area contributed by atoms with E-state index in [2.05, 4.69) is 5.32 Å². The van der Waals surface area contributed by atoms with Gasteiger partial charge in [-0.05, 0) is 39.0 Å². The number of alkyl halides is 3. The van der Waals surface area contributed by atoms with Crippen LogP contribution in [0.5, 0.6) is 0 Å². The Kier molecular flexibility index (Phi) is 5.86. The van der Waals surface area contributed by atoms with E-state index in [-0.39, 0.29) is 31.9 Å². The van der Waals surface area contributed by atoms with Gasteiger partial charge in [-0.2, -0.15) is 13.2 Å². The standard InChI is InChI=1S/C17H21F4N3O3/c1-16(2,3)27-15(26)24-8-6-23(7-9-24)14(25)22-11-4-5-13(18)12(10-11)17(19,20)21/h4-5,10H,6-9H2,1-3H3,(H,22,25). The highest BCUT2D eigenvalue weighted by molar-refractivity contribution is 5.89. The number of benzene rings is 1. The van der Waals surface area contributed by atoms with Gasteiger partial charge in [0.2, 0.25) is 0 Å². The fourth-order valence-electron chi connectivity index (χ4n) is 2.44. The van der Waals surface area contributed by atoms with Gasteiger partial charge >= 0.3 is 18.3 Å². The SMILES string of the molecule is CC(C)(C)OC(=O)N1CCN(C(=O)Nc2ccc(F)c(C(F)(F)F)c2)CC1. The summed E-state index contributed by atoms with van der Waals surface area (Å²) in [5, 5.41) is 2.32. The summed E-state index contributed by atoms with van der Waals surface area (Å²) in [4.78, 5) is 27.0. The Morgan fingerprint density at radius 2 is 1.59 bits per heavy atom. The first-order valence-corrected chi connectivity index (χ1v) is 8.27. The van der Waals surface area contributed by atoms with Gasteiger partial charge in [0.05, 0.1) is 5.56 Å². The number of rotatable bonds is 1. The molecule has 150 valence electrons. The van der Waals surface area contributed by atoms with Crippen LogP contribution in [0.25, 0.3) is 0 Å². The van der Waals surface area contributed by atoms with Crippen molar-refractivity contribution >= 4 is 17.8 Å². The topological polar surface area (TPSA) is 61.9 Å². The highest BCUT2D eigenvalue weighted by Crippen LogP contribution is 2.33. The summed E-state index contributed by atoms with van der Waals surface area (Å²) < 4.78 is 56.8. The van der Waals surface area contributed by atoms with Crippen LogP contribution >= 0.6 is 0 Å². The van der Waals surface area contributed by atoms with Gasteiger partial charge in [0.1, 0.15) is 11.4 Å². The van der Waals surface area contributed by atoms with Gasteiger partial charge in [0, 0.05) is 31.9 Å². The lowest BCUT2D eigenvalue weighted by atomic mass is 10.2. The molecule has 1 aliphatic rings. The van der Waals surface area contributed by atoms with Crippen LogP contribution in [0, 0.1) is 5.82 Å². The number of nitrogens with zero attached hydrogens (tertiary/aromatic N) is 2. The number of carbonyl (C=O) groups is 2. The number of hydrogen-bond acceptors (Lipinski definition) is 3. The molecule has 0 radical (unpaired) electrons. The minimum atomic E-state index is -4.86. The van der Waals surface area contributed by atoms with Gasteiger partial charge in [0.15, 0.2) is 0 Å². The maximum Gasteiger partial charge on any atom is 0.419 e. The molecule has 1 aliphatic heterocycles. The zero-order valence-corrected chi connectivity index (χ0v) is 15.2. The third-order valence-electron chi connectivity index (χ3n) is 3.74. The second kappa shape index (κ2) is 7.61. The van der Waals surface area contributed by atoms with E-state index < -0.39 is 35.3 Å². The van der Waals surface area contributed by atoms with E-state index >= 15 is 0 Å². The lowest BCUT2D eigenvalue weighted by molar-refractivity contribution is -0.139. The highest BCUT2D eigenvalue weighted by atomic mass is 19.4. The van der Waals surface area contributed by atoms with Crippen molar-refractivity contribution in [3.63, 3.8) is 0 Å². The number of piperazine rings is 1. The van der Waals surface area contributed by atoms with Crippen LogP contribution < -0.4 is 5.32 Å². The summed E-state index contributed by atoms with van der Waals surface area (Å²) in [7, 11) is 0. The Morgan fingerprint density at radius 1 is 1.04 bits per heavy atom. The zero-order chi connectivity index (χ0) is 20.4. The summed E-state index contributed by atoms with van der Waals surface area (Å²) in [6, 6.07) is 1.63. The fraction of sp³-hybridized carbons (Fsp3) is 0.529. The molecule has 1 heterocycles. The number of nitrogens with one attached hydrogen (secondary N) is 1. The van der Waals surface area contributed by atoms with Gasteiger partial charge < -0.3 is 19.9 Å². The number of anilines is 1. The van der Waals surface area contributed by atoms with Crippen LogP contribution in [0.1, 0.15) is 26.3 Å². The summed E-state index contributed by atoms with van der Waals surface area (Å²) in [6.07, 6.45) is -5.35. The number of urea groups is 1. The van der Waals surface area contributed by atoms with Crippen molar-refractivity contribution in [2.24, 2.45) is 0 Å². The second-order valence-corrected chi connectivity index (χ2v) is 7.08. The number of carbonyl (C=O) groups excluding carboxylic acids is 2. The Labute approximate surface area is 154 Å². The van der Waals surface area contributed by atoms with Gasteiger partial charge in [-0.3, -0.25) is 0 Å². The second-order valence-electron chi connectivity index (χ2n) is 7.08. The molecule has 0 unspecified atom stereocenters. The first-order valence-electron chi connectivity index (χ1n) is 8.27. The molecule has 10 heteroatoms. The van der Waals surface area contributed by atoms with Crippen molar-refractivity contribution in [1.29, 1.82) is 0 Å². The number of ether oxygens (including phenoxy) is 1. The lowest BCUT2D eigenvalue weighted by Gasteiger charge is -2.35. The Morgan fingerprint density at radius 3 is 2.11 bits per heavy atom. The Bertz CT molecular complexity index is 708. The van der Waals surface area contributed by atoms with E-state index in [1.807, 2.05) is 0 Å². The maximum atomic E-state index is 13.3. The largest absolute Gasteiger partial charge is 0.444 e. The molecule has 6 nitrogen and oxygen atoms in total. The summed E-state index contributed by atoms with van der Waals surface area (Å²) in [5.41, 5.74) is -2.25. The molecule has 0 atom stereocenters. The van der Waals surface area contributed by atoms with Gasteiger partial charge in [-0.1, -0.05) is 0 Å². The zero-order valence-electron chi connectivity index (χ0n) is 15.2. The summed E-state index contributed by atoms with van der Waals surface area (Å²) in [5.74, 6) is -1.41. The molecule has 1 saturated heterocycles. The molecule has 0 spiro atoms. The predicted octanol–water partition coefficient (Wildman–Crippen LogP) is 3.93. The molecule has 0 aliphatic carbocycles. The monoisotopic (exact) mass is 391 g/mol. The molecule has 1 aromatic rings. The number of amides is 3. The van der Waals surface area contributed by atoms with Crippen LogP contribution in [0.15, 0.2) is 18.2 Å². The van der Waals surface area contributed by atoms with Gasteiger partial charge in [0.25, 0.3) is 0 Å². The van der Waals surface area contributed by atoms with E-state index in [1.165, 1.54) is 9.80 Å². The molecule has 0 saturated carbocycles. The van der Waals surface area contributed by atoms with Crippen LogP contribution in [0.4, 0.5) is 32.8 Å². The van der Waals surface area contributed by atoms with E-state index in [9.17, 15) is 27.2 Å². The quantitative estimate of drug-likeness (QED) is 0.738. The van der Waals surface area contributed by atoms with E-state index in [1.54, 1.807) is 20.8 Å². The van der Waals surface area contributed by atoms with Crippen molar-refractivity contribution in [2.75, 3.05) is 31.5 Å². The molecule has 1 aromatic carbocycles. The third kappa shape index (κ3) is 5.73. The van der Waals surface area contributed by atoms with Crippen molar-refractivity contribution in [3.05, 3.63) is 29.6 Å². The molecule has 3 amide bonds. The van der Waals surface area contributed by atoms with Gasteiger partial charge in [-0.15, -0.1) is 0 Å². The minimum Gasteiger partial charge on any atom is -0.444 e.